The maximum atomic E-state index is 14.4. The van der Waals surface area contributed by atoms with E-state index in [1.165, 1.54) is 24.1 Å². The molecule has 0 aliphatic carbocycles. The van der Waals surface area contributed by atoms with Crippen molar-refractivity contribution in [2.75, 3.05) is 17.9 Å². The fraction of sp³-hybridized carbons (Fsp3) is 0.257. The largest absolute Gasteiger partial charge is 0.357 e. The highest BCUT2D eigenvalue weighted by molar-refractivity contribution is 7.92. The quantitative estimate of drug-likeness (QED) is 0.197. The number of carbonyl (C=O) groups is 2. The van der Waals surface area contributed by atoms with Crippen LogP contribution in [0.4, 0.5) is 5.69 Å². The zero-order chi connectivity index (χ0) is 31.9. The van der Waals surface area contributed by atoms with Gasteiger partial charge in [0.1, 0.15) is 12.6 Å². The molecule has 0 heterocycles. The van der Waals surface area contributed by atoms with Crippen LogP contribution in [0.3, 0.4) is 0 Å². The molecule has 0 radical (unpaired) electrons. The second kappa shape index (κ2) is 14.6. The highest BCUT2D eigenvalue weighted by Crippen LogP contribution is 2.27. The zero-order valence-electron chi connectivity index (χ0n) is 25.4. The van der Waals surface area contributed by atoms with E-state index in [0.29, 0.717) is 16.3 Å². The Kier molecular flexibility index (Phi) is 10.8. The molecule has 4 rings (SSSR count). The van der Waals surface area contributed by atoms with Crippen LogP contribution in [-0.4, -0.2) is 44.8 Å². The predicted octanol–water partition coefficient (Wildman–Crippen LogP) is 6.35. The molecule has 9 heteroatoms. The third-order valence-corrected chi connectivity index (χ3v) is 9.52. The predicted molar refractivity (Wildman–Crippen MR) is 176 cm³/mol. The molecule has 0 spiro atoms. The van der Waals surface area contributed by atoms with Crippen LogP contribution in [-0.2, 0) is 32.6 Å². The number of nitrogens with one attached hydrogen (secondary N) is 1. The van der Waals surface area contributed by atoms with Crippen LogP contribution in [0, 0.1) is 6.92 Å². The third kappa shape index (κ3) is 8.07. The smallest absolute Gasteiger partial charge is 0.264 e. The minimum Gasteiger partial charge on any atom is -0.357 e. The van der Waals surface area contributed by atoms with Gasteiger partial charge in [0.15, 0.2) is 0 Å². The first-order chi connectivity index (χ1) is 21.0. The number of rotatable bonds is 12. The molecule has 2 amide bonds. The van der Waals surface area contributed by atoms with Crippen molar-refractivity contribution in [1.82, 2.24) is 10.2 Å². The Morgan fingerprint density at radius 1 is 0.841 bits per heavy atom. The summed E-state index contributed by atoms with van der Waals surface area (Å²) < 4.78 is 29.4. The summed E-state index contributed by atoms with van der Waals surface area (Å²) in [4.78, 5) is 29.3. The monoisotopic (exact) mass is 631 g/mol. The van der Waals surface area contributed by atoms with Crippen molar-refractivity contribution in [2.24, 2.45) is 0 Å². The van der Waals surface area contributed by atoms with Crippen molar-refractivity contribution in [1.29, 1.82) is 0 Å². The lowest BCUT2D eigenvalue weighted by Gasteiger charge is -2.33. The summed E-state index contributed by atoms with van der Waals surface area (Å²) in [6.07, 6.45) is 0.237. The van der Waals surface area contributed by atoms with Crippen molar-refractivity contribution in [3.05, 3.63) is 130 Å². The number of sulfonamides is 1. The average Bonchev–Trinajstić information content (AvgIpc) is 3.01. The number of hydrogen-bond donors (Lipinski definition) is 1. The van der Waals surface area contributed by atoms with Crippen LogP contribution in [0.15, 0.2) is 108 Å². The summed E-state index contributed by atoms with van der Waals surface area (Å²) in [7, 11) is -2.64. The van der Waals surface area contributed by atoms with Crippen LogP contribution in [0.5, 0.6) is 0 Å². The Balaban J connectivity index is 1.79. The normalized spacial score (nSPS) is 12.0. The molecule has 44 heavy (non-hydrogen) atoms. The Hall–Kier alpha value is -4.14. The van der Waals surface area contributed by atoms with Gasteiger partial charge in [0, 0.05) is 25.0 Å². The summed E-state index contributed by atoms with van der Waals surface area (Å²) in [5.41, 5.74) is 3.87. The maximum absolute atomic E-state index is 14.4. The van der Waals surface area contributed by atoms with Gasteiger partial charge in [0.05, 0.1) is 10.6 Å². The fourth-order valence-corrected chi connectivity index (χ4v) is 6.57. The van der Waals surface area contributed by atoms with Gasteiger partial charge in [0.2, 0.25) is 11.8 Å². The van der Waals surface area contributed by atoms with Gasteiger partial charge >= 0.3 is 0 Å². The molecule has 0 bridgehead atoms. The van der Waals surface area contributed by atoms with E-state index >= 15 is 0 Å². The minimum absolute atomic E-state index is 0.0506. The Bertz CT molecular complexity index is 1680. The average molecular weight is 632 g/mol. The number of nitrogens with zero attached hydrogens (tertiary/aromatic N) is 2. The van der Waals surface area contributed by atoms with E-state index in [1.54, 1.807) is 42.5 Å². The number of benzene rings is 4. The molecule has 0 saturated carbocycles. The number of halogens is 1. The van der Waals surface area contributed by atoms with E-state index in [-0.39, 0.29) is 29.7 Å². The van der Waals surface area contributed by atoms with Gasteiger partial charge in [-0.25, -0.2) is 8.42 Å². The van der Waals surface area contributed by atoms with Crippen molar-refractivity contribution in [3.8, 4) is 0 Å². The summed E-state index contributed by atoms with van der Waals surface area (Å²) in [6, 6.07) is 29.2. The Morgan fingerprint density at radius 2 is 1.48 bits per heavy atom. The van der Waals surface area contributed by atoms with E-state index in [1.807, 2.05) is 55.5 Å². The van der Waals surface area contributed by atoms with Gasteiger partial charge < -0.3 is 10.2 Å². The van der Waals surface area contributed by atoms with Crippen LogP contribution in [0.2, 0.25) is 5.02 Å². The Labute approximate surface area is 265 Å². The fourth-order valence-electron chi connectivity index (χ4n) is 4.94. The molecule has 4 aromatic rings. The molecule has 1 unspecified atom stereocenters. The standard InChI is InChI=1S/C35H38ClN3O4S/c1-25(2)29-15-17-31(18-16-29)39(44(42,43)32-19-13-26(3)14-20-32)24-34(40)38(23-28-11-8-12-30(36)21-28)33(35(41)37-4)22-27-9-6-5-7-10-27/h5-21,25,33H,22-24H2,1-4H3,(H,37,41). The van der Waals surface area contributed by atoms with Crippen LogP contribution >= 0.6 is 11.6 Å². The second-order valence-electron chi connectivity index (χ2n) is 11.0. The highest BCUT2D eigenvalue weighted by atomic mass is 35.5. The molecule has 0 saturated heterocycles. The molecule has 1 N–H and O–H groups in total. The third-order valence-electron chi connectivity index (χ3n) is 7.50. The summed E-state index contributed by atoms with van der Waals surface area (Å²) in [6.45, 7) is 5.52. The molecule has 0 fully saturated rings. The number of aryl methyl sites for hydroxylation is 1. The maximum Gasteiger partial charge on any atom is 0.264 e. The number of hydrogen-bond acceptors (Lipinski definition) is 4. The van der Waals surface area contributed by atoms with Crippen LogP contribution < -0.4 is 9.62 Å². The summed E-state index contributed by atoms with van der Waals surface area (Å²) in [5, 5.41) is 3.18. The molecule has 4 aromatic carbocycles. The lowest BCUT2D eigenvalue weighted by molar-refractivity contribution is -0.139. The lowest BCUT2D eigenvalue weighted by Crippen LogP contribution is -2.53. The van der Waals surface area contributed by atoms with Gasteiger partial charge in [-0.05, 0) is 65.9 Å². The second-order valence-corrected chi connectivity index (χ2v) is 13.3. The molecular formula is C35H38ClN3O4S. The summed E-state index contributed by atoms with van der Waals surface area (Å²) >= 11 is 6.27. The molecule has 230 valence electrons. The first kappa shape index (κ1) is 32.8. The number of anilines is 1. The number of carbonyl (C=O) groups excluding carboxylic acids is 2. The van der Waals surface area contributed by atoms with Gasteiger partial charge in [-0.3, -0.25) is 13.9 Å². The van der Waals surface area contributed by atoms with Crippen LogP contribution in [0.25, 0.3) is 0 Å². The Morgan fingerprint density at radius 3 is 2.07 bits per heavy atom. The highest BCUT2D eigenvalue weighted by Gasteiger charge is 2.34. The SMILES string of the molecule is CNC(=O)C(Cc1ccccc1)N(Cc1cccc(Cl)c1)C(=O)CN(c1ccc(C(C)C)cc1)S(=O)(=O)c1ccc(C)cc1. The van der Waals surface area contributed by atoms with E-state index in [2.05, 4.69) is 19.2 Å². The molecule has 1 atom stereocenters. The van der Waals surface area contributed by atoms with Crippen LogP contribution in [0.1, 0.15) is 42.0 Å². The van der Waals surface area contributed by atoms with Gasteiger partial charge in [-0.2, -0.15) is 0 Å². The summed E-state index contributed by atoms with van der Waals surface area (Å²) in [5.74, 6) is -0.649. The molecule has 0 aromatic heterocycles. The first-order valence-corrected chi connectivity index (χ1v) is 16.3. The van der Waals surface area contributed by atoms with Gasteiger partial charge in [-0.1, -0.05) is 97.7 Å². The van der Waals surface area contributed by atoms with E-state index in [9.17, 15) is 18.0 Å². The van der Waals surface area contributed by atoms with Gasteiger partial charge in [-0.15, -0.1) is 0 Å². The zero-order valence-corrected chi connectivity index (χ0v) is 27.0. The lowest BCUT2D eigenvalue weighted by atomic mass is 10.0. The van der Waals surface area contributed by atoms with Gasteiger partial charge in [0.25, 0.3) is 10.0 Å². The van der Waals surface area contributed by atoms with E-state index < -0.39 is 28.5 Å². The van der Waals surface area contributed by atoms with Crippen molar-refractivity contribution >= 4 is 39.1 Å². The first-order valence-electron chi connectivity index (χ1n) is 14.5. The topological polar surface area (TPSA) is 86.8 Å². The molecule has 0 aliphatic heterocycles. The van der Waals surface area contributed by atoms with Crippen molar-refractivity contribution < 1.29 is 18.0 Å². The molecule has 0 aliphatic rings. The number of amides is 2. The minimum atomic E-state index is -4.16. The van der Waals surface area contributed by atoms with Crippen molar-refractivity contribution in [3.63, 3.8) is 0 Å². The molecule has 7 nitrogen and oxygen atoms in total. The number of likely N-dealkylation sites (N-methyl/N-ethyl adjacent to an activating group) is 1. The van der Waals surface area contributed by atoms with E-state index in [4.69, 9.17) is 11.6 Å². The van der Waals surface area contributed by atoms with E-state index in [0.717, 1.165) is 21.0 Å². The van der Waals surface area contributed by atoms with Crippen molar-refractivity contribution in [2.45, 2.75) is 50.6 Å². The molecular weight excluding hydrogens is 594 g/mol.